The molecule has 0 bridgehead atoms. The van der Waals surface area contributed by atoms with Crippen molar-refractivity contribution in [2.75, 3.05) is 0 Å². The molecule has 0 aliphatic rings. The molecule has 3 nitrogen and oxygen atoms in total. The first-order valence-corrected chi connectivity index (χ1v) is 2.10. The molecule has 9 heavy (non-hydrogen) atoms. The van der Waals surface area contributed by atoms with Gasteiger partial charge in [-0.2, -0.15) is 0 Å². The summed E-state index contributed by atoms with van der Waals surface area (Å²) < 4.78 is 0. The Kier molecular flexibility index (Phi) is 6.61. The van der Waals surface area contributed by atoms with Crippen molar-refractivity contribution < 1.29 is 44.6 Å². The predicted octanol–water partition coefficient (Wildman–Crippen LogP) is -4.32. The number of carbonyl (C=O) groups is 1. The number of rotatable bonds is 2. The largest absolute Gasteiger partial charge is 1.00 e. The van der Waals surface area contributed by atoms with Crippen molar-refractivity contribution in [1.82, 2.24) is 0 Å². The molecule has 4 heteroatoms. The third-order valence-corrected chi connectivity index (χ3v) is 0.690. The fraction of sp³-hybridized carbons (Fsp3) is 0.400. The van der Waals surface area contributed by atoms with Crippen LogP contribution in [-0.4, -0.2) is 17.2 Å². The average molecular weight is 138 g/mol. The van der Waals surface area contributed by atoms with Crippen molar-refractivity contribution >= 4 is 5.97 Å². The van der Waals surface area contributed by atoms with Crippen LogP contribution in [-0.2, 0) is 4.79 Å². The summed E-state index contributed by atoms with van der Waals surface area (Å²) in [5.74, 6) is -1.50. The molecule has 1 N–H and O–H groups in total. The SMILES string of the molecule is C=C(C)C(O)C(=O)[O-].[Na+]. The number of aliphatic hydroxyl groups is 1. The van der Waals surface area contributed by atoms with Gasteiger partial charge in [0.15, 0.2) is 0 Å². The zero-order valence-electron chi connectivity index (χ0n) is 5.55. The second kappa shape index (κ2) is 4.99. The van der Waals surface area contributed by atoms with Gasteiger partial charge in [0.05, 0.1) is 5.97 Å². The molecule has 0 aliphatic carbocycles. The van der Waals surface area contributed by atoms with E-state index in [1.54, 1.807) is 0 Å². The summed E-state index contributed by atoms with van der Waals surface area (Å²) in [6, 6.07) is 0. The Balaban J connectivity index is 0. The third kappa shape index (κ3) is 4.66. The maximum atomic E-state index is 9.72. The molecule has 0 saturated carbocycles. The van der Waals surface area contributed by atoms with Gasteiger partial charge >= 0.3 is 29.6 Å². The van der Waals surface area contributed by atoms with Crippen molar-refractivity contribution in [3.63, 3.8) is 0 Å². The number of hydrogen-bond acceptors (Lipinski definition) is 3. The average Bonchev–Trinajstić information content (AvgIpc) is 1.64. The van der Waals surface area contributed by atoms with Gasteiger partial charge in [0.2, 0.25) is 0 Å². The molecule has 0 aromatic rings. The third-order valence-electron chi connectivity index (χ3n) is 0.690. The van der Waals surface area contributed by atoms with Gasteiger partial charge in [-0.15, -0.1) is 0 Å². The first-order chi connectivity index (χ1) is 3.55. The molecule has 0 aromatic heterocycles. The summed E-state index contributed by atoms with van der Waals surface area (Å²) in [6.07, 6.45) is -1.52. The van der Waals surface area contributed by atoms with Gasteiger partial charge in [0.1, 0.15) is 6.10 Å². The molecular weight excluding hydrogens is 131 g/mol. The van der Waals surface area contributed by atoms with Gasteiger partial charge < -0.3 is 15.0 Å². The summed E-state index contributed by atoms with van der Waals surface area (Å²) in [5, 5.41) is 18.2. The summed E-state index contributed by atoms with van der Waals surface area (Å²) in [6.45, 7) is 4.62. The molecule has 0 aromatic carbocycles. The van der Waals surface area contributed by atoms with Gasteiger partial charge in [0, 0.05) is 0 Å². The Labute approximate surface area is 75.7 Å². The molecule has 0 amide bonds. The Bertz CT molecular complexity index is 107. The minimum atomic E-state index is -1.52. The molecule has 0 rings (SSSR count). The molecular formula is C5H7NaO3. The fourth-order valence-electron chi connectivity index (χ4n) is 0.201. The normalized spacial score (nSPS) is 11.3. The van der Waals surface area contributed by atoms with Crippen molar-refractivity contribution in [1.29, 1.82) is 0 Å². The smallest absolute Gasteiger partial charge is 0.547 e. The van der Waals surface area contributed by atoms with E-state index in [0.717, 1.165) is 0 Å². The monoisotopic (exact) mass is 138 g/mol. The van der Waals surface area contributed by atoms with E-state index in [2.05, 4.69) is 6.58 Å². The number of carboxylic acid groups (broad SMARTS) is 1. The topological polar surface area (TPSA) is 60.4 Å². The number of aliphatic carboxylic acids is 1. The number of aliphatic hydroxyl groups excluding tert-OH is 1. The van der Waals surface area contributed by atoms with E-state index in [1.165, 1.54) is 6.92 Å². The van der Waals surface area contributed by atoms with E-state index in [-0.39, 0.29) is 35.1 Å². The molecule has 46 valence electrons. The van der Waals surface area contributed by atoms with Crippen LogP contribution in [0.1, 0.15) is 6.92 Å². The van der Waals surface area contributed by atoms with Crippen LogP contribution >= 0.6 is 0 Å². The zero-order valence-corrected chi connectivity index (χ0v) is 7.55. The van der Waals surface area contributed by atoms with E-state index in [4.69, 9.17) is 5.11 Å². The molecule has 1 unspecified atom stereocenters. The summed E-state index contributed by atoms with van der Waals surface area (Å²) in [7, 11) is 0. The minimum absolute atomic E-state index is 0. The minimum Gasteiger partial charge on any atom is -0.547 e. The summed E-state index contributed by atoms with van der Waals surface area (Å²) in [5.41, 5.74) is 0.185. The van der Waals surface area contributed by atoms with Crippen LogP contribution in [0.25, 0.3) is 0 Å². The van der Waals surface area contributed by atoms with Crippen molar-refractivity contribution in [3.05, 3.63) is 12.2 Å². The zero-order chi connectivity index (χ0) is 6.73. The summed E-state index contributed by atoms with van der Waals surface area (Å²) >= 11 is 0. The van der Waals surface area contributed by atoms with E-state index in [9.17, 15) is 9.90 Å². The maximum absolute atomic E-state index is 9.72. The van der Waals surface area contributed by atoms with E-state index < -0.39 is 12.1 Å². The first kappa shape index (κ1) is 11.9. The van der Waals surface area contributed by atoms with Crippen LogP contribution in [0, 0.1) is 0 Å². The van der Waals surface area contributed by atoms with Gasteiger partial charge in [-0.3, -0.25) is 0 Å². The molecule has 0 aliphatic heterocycles. The van der Waals surface area contributed by atoms with E-state index >= 15 is 0 Å². The van der Waals surface area contributed by atoms with E-state index in [0.29, 0.717) is 0 Å². The quantitative estimate of drug-likeness (QED) is 0.310. The second-order valence-corrected chi connectivity index (χ2v) is 1.57. The van der Waals surface area contributed by atoms with Crippen LogP contribution in [0.15, 0.2) is 12.2 Å². The molecule has 0 spiro atoms. The fourth-order valence-corrected chi connectivity index (χ4v) is 0.201. The van der Waals surface area contributed by atoms with Crippen LogP contribution in [0.2, 0.25) is 0 Å². The number of carboxylic acids is 1. The summed E-state index contributed by atoms with van der Waals surface area (Å²) in [4.78, 5) is 9.72. The second-order valence-electron chi connectivity index (χ2n) is 1.57. The van der Waals surface area contributed by atoms with Gasteiger partial charge in [-0.1, -0.05) is 6.58 Å². The predicted molar refractivity (Wildman–Crippen MR) is 25.8 cm³/mol. The molecule has 0 saturated heterocycles. The van der Waals surface area contributed by atoms with Gasteiger partial charge in [0.25, 0.3) is 0 Å². The van der Waals surface area contributed by atoms with Gasteiger partial charge in [-0.05, 0) is 12.5 Å². The Morgan fingerprint density at radius 3 is 2.11 bits per heavy atom. The van der Waals surface area contributed by atoms with Crippen molar-refractivity contribution in [2.45, 2.75) is 13.0 Å². The molecule has 1 atom stereocenters. The molecule has 0 fully saturated rings. The number of carbonyl (C=O) groups excluding carboxylic acids is 1. The van der Waals surface area contributed by atoms with Crippen LogP contribution in [0.5, 0.6) is 0 Å². The van der Waals surface area contributed by atoms with E-state index in [1.807, 2.05) is 0 Å². The van der Waals surface area contributed by atoms with Crippen molar-refractivity contribution in [3.8, 4) is 0 Å². The van der Waals surface area contributed by atoms with Crippen LogP contribution in [0.4, 0.5) is 0 Å². The van der Waals surface area contributed by atoms with Crippen LogP contribution in [0.3, 0.4) is 0 Å². The standard InChI is InChI=1S/C5H8O3.Na/c1-3(2)4(6)5(7)8;/h4,6H,1H2,2H3,(H,7,8);/q;+1/p-1. The van der Waals surface area contributed by atoms with Gasteiger partial charge in [-0.25, -0.2) is 0 Å². The van der Waals surface area contributed by atoms with Crippen LogP contribution < -0.4 is 34.7 Å². The number of hydrogen-bond donors (Lipinski definition) is 1. The Morgan fingerprint density at radius 2 is 2.11 bits per heavy atom. The Morgan fingerprint density at radius 1 is 1.78 bits per heavy atom. The molecule has 0 heterocycles. The first-order valence-electron chi connectivity index (χ1n) is 2.10. The van der Waals surface area contributed by atoms with Crippen molar-refractivity contribution in [2.24, 2.45) is 0 Å². The molecule has 0 radical (unpaired) electrons. The Hall–Kier alpha value is 0.170. The maximum Gasteiger partial charge on any atom is 1.00 e.